The van der Waals surface area contributed by atoms with E-state index < -0.39 is 5.91 Å². The average Bonchev–Trinajstić information content (AvgIpc) is 3.35. The molecule has 0 fully saturated rings. The Bertz CT molecular complexity index is 1080. The summed E-state index contributed by atoms with van der Waals surface area (Å²) in [6.45, 7) is 2.21. The minimum absolute atomic E-state index is 0.0677. The van der Waals surface area contributed by atoms with E-state index in [-0.39, 0.29) is 18.9 Å². The molecule has 3 rings (SSSR count). The van der Waals surface area contributed by atoms with E-state index in [9.17, 15) is 9.59 Å². The molecule has 8 nitrogen and oxygen atoms in total. The Kier molecular flexibility index (Phi) is 7.61. The number of benzene rings is 1. The molecule has 3 N–H and O–H groups in total. The highest BCUT2D eigenvalue weighted by Gasteiger charge is 2.13. The first-order valence-electron chi connectivity index (χ1n) is 9.10. The lowest BCUT2D eigenvalue weighted by Crippen LogP contribution is -2.43. The van der Waals surface area contributed by atoms with Crippen LogP contribution in [0.5, 0.6) is 5.75 Å². The maximum Gasteiger partial charge on any atom is 0.258 e. The molecule has 2 amide bonds. The lowest BCUT2D eigenvalue weighted by Gasteiger charge is -2.10. The number of aromatic nitrogens is 3. The Labute approximate surface area is 187 Å². The molecule has 0 bridgehead atoms. The van der Waals surface area contributed by atoms with Crippen LogP contribution in [-0.2, 0) is 16.1 Å². The van der Waals surface area contributed by atoms with Gasteiger partial charge in [0, 0.05) is 11.4 Å². The number of aryl methyl sites for hydroxylation is 1. The fraction of sp³-hybridized carbons (Fsp3) is 0.263. The van der Waals surface area contributed by atoms with Crippen molar-refractivity contribution in [3.05, 3.63) is 51.1 Å². The molecular formula is C19H20ClN5O3S2. The van der Waals surface area contributed by atoms with Gasteiger partial charge in [0.2, 0.25) is 5.91 Å². The Hall–Kier alpha value is -2.69. The number of amides is 2. The Balaban J connectivity index is 1.40. The average molecular weight is 466 g/mol. The summed E-state index contributed by atoms with van der Waals surface area (Å²) in [5, 5.41) is 9.40. The number of ether oxygens (including phenoxy) is 1. The van der Waals surface area contributed by atoms with Gasteiger partial charge in [-0.1, -0.05) is 17.7 Å². The quantitative estimate of drug-likeness (QED) is 0.268. The number of carbonyl (C=O) groups is 2. The number of carbonyl (C=O) groups excluding carboxylic acids is 2. The SMILES string of the molecule is Cc1cc(Cl)ccc1OCCCC(=O)NNC(=O)Cn1c(-c2cccs2)n[nH]c1=S. The fourth-order valence-electron chi connectivity index (χ4n) is 2.63. The van der Waals surface area contributed by atoms with Crippen molar-refractivity contribution in [2.24, 2.45) is 0 Å². The van der Waals surface area contributed by atoms with Crippen LogP contribution < -0.4 is 15.6 Å². The standard InChI is InChI=1S/C19H20ClN5O3S2/c1-12-10-13(20)6-7-14(12)28-8-2-5-16(26)21-22-17(27)11-25-18(23-24-19(25)29)15-4-3-9-30-15/h3-4,6-7,9-10H,2,5,8,11H2,1H3,(H,21,26)(H,22,27)(H,24,29). The smallest absolute Gasteiger partial charge is 0.258 e. The zero-order valence-electron chi connectivity index (χ0n) is 16.1. The van der Waals surface area contributed by atoms with E-state index in [1.165, 1.54) is 11.3 Å². The minimum Gasteiger partial charge on any atom is -0.493 e. The molecule has 30 heavy (non-hydrogen) atoms. The van der Waals surface area contributed by atoms with Crippen LogP contribution in [0.15, 0.2) is 35.7 Å². The van der Waals surface area contributed by atoms with Gasteiger partial charge < -0.3 is 4.74 Å². The lowest BCUT2D eigenvalue weighted by atomic mass is 10.2. The number of rotatable bonds is 8. The largest absolute Gasteiger partial charge is 0.493 e. The summed E-state index contributed by atoms with van der Waals surface area (Å²) in [6, 6.07) is 9.14. The van der Waals surface area contributed by atoms with Crippen LogP contribution in [0.4, 0.5) is 0 Å². The normalized spacial score (nSPS) is 10.6. The molecule has 11 heteroatoms. The summed E-state index contributed by atoms with van der Waals surface area (Å²) in [5.41, 5.74) is 5.72. The second-order valence-corrected chi connectivity index (χ2v) is 8.14. The van der Waals surface area contributed by atoms with Crippen molar-refractivity contribution >= 4 is 47.0 Å². The number of aromatic amines is 1. The number of hydrogen-bond donors (Lipinski definition) is 3. The number of halogens is 1. The maximum absolute atomic E-state index is 12.2. The predicted molar refractivity (Wildman–Crippen MR) is 118 cm³/mol. The molecule has 0 aliphatic carbocycles. The van der Waals surface area contributed by atoms with Gasteiger partial charge in [-0.05, 0) is 60.8 Å². The van der Waals surface area contributed by atoms with Crippen molar-refractivity contribution in [1.29, 1.82) is 0 Å². The van der Waals surface area contributed by atoms with Crippen molar-refractivity contribution in [2.45, 2.75) is 26.3 Å². The lowest BCUT2D eigenvalue weighted by molar-refractivity contribution is -0.129. The molecule has 0 spiro atoms. The highest BCUT2D eigenvalue weighted by molar-refractivity contribution is 7.71. The molecule has 0 saturated carbocycles. The predicted octanol–water partition coefficient (Wildman–Crippen LogP) is 3.64. The van der Waals surface area contributed by atoms with E-state index in [0.717, 1.165) is 16.2 Å². The van der Waals surface area contributed by atoms with Crippen LogP contribution in [0.3, 0.4) is 0 Å². The number of hydrazine groups is 1. The third kappa shape index (κ3) is 5.91. The summed E-state index contributed by atoms with van der Waals surface area (Å²) < 4.78 is 7.55. The van der Waals surface area contributed by atoms with Crippen LogP contribution in [-0.4, -0.2) is 33.2 Å². The van der Waals surface area contributed by atoms with E-state index in [1.54, 1.807) is 16.7 Å². The van der Waals surface area contributed by atoms with Crippen molar-refractivity contribution in [1.82, 2.24) is 25.6 Å². The first kappa shape index (κ1) is 22.0. The van der Waals surface area contributed by atoms with Crippen molar-refractivity contribution < 1.29 is 14.3 Å². The second kappa shape index (κ2) is 10.4. The third-order valence-electron chi connectivity index (χ3n) is 4.09. The van der Waals surface area contributed by atoms with Gasteiger partial charge in [-0.25, -0.2) is 0 Å². The summed E-state index contributed by atoms with van der Waals surface area (Å²) in [7, 11) is 0. The molecule has 0 aliphatic rings. The molecule has 2 heterocycles. The molecular weight excluding hydrogens is 446 g/mol. The molecule has 0 atom stereocenters. The number of H-pyrrole nitrogens is 1. The highest BCUT2D eigenvalue weighted by Crippen LogP contribution is 2.23. The number of hydrogen-bond acceptors (Lipinski definition) is 6. The van der Waals surface area contributed by atoms with Crippen molar-refractivity contribution in [2.75, 3.05) is 6.61 Å². The van der Waals surface area contributed by atoms with Gasteiger partial charge in [-0.15, -0.1) is 11.3 Å². The summed E-state index contributed by atoms with van der Waals surface area (Å²) in [4.78, 5) is 25.0. The van der Waals surface area contributed by atoms with Crippen LogP contribution >= 0.6 is 35.2 Å². The molecule has 3 aromatic rings. The van der Waals surface area contributed by atoms with Gasteiger partial charge in [0.25, 0.3) is 5.91 Å². The highest BCUT2D eigenvalue weighted by atomic mass is 35.5. The minimum atomic E-state index is -0.410. The van der Waals surface area contributed by atoms with Gasteiger partial charge in [0.15, 0.2) is 10.6 Å². The number of nitrogens with zero attached hydrogens (tertiary/aromatic N) is 2. The summed E-state index contributed by atoms with van der Waals surface area (Å²) >= 11 is 12.6. The van der Waals surface area contributed by atoms with Gasteiger partial charge in [0.1, 0.15) is 12.3 Å². The van der Waals surface area contributed by atoms with E-state index >= 15 is 0 Å². The number of thiophene rings is 1. The van der Waals surface area contributed by atoms with E-state index in [2.05, 4.69) is 21.0 Å². The first-order chi connectivity index (χ1) is 14.4. The van der Waals surface area contributed by atoms with Crippen LogP contribution in [0, 0.1) is 11.7 Å². The van der Waals surface area contributed by atoms with Crippen LogP contribution in [0.2, 0.25) is 5.02 Å². The van der Waals surface area contributed by atoms with Crippen molar-refractivity contribution in [3.8, 4) is 16.5 Å². The molecule has 2 aromatic heterocycles. The zero-order valence-corrected chi connectivity index (χ0v) is 18.5. The molecule has 0 saturated heterocycles. The monoisotopic (exact) mass is 465 g/mol. The molecule has 0 unspecified atom stereocenters. The summed E-state index contributed by atoms with van der Waals surface area (Å²) in [5.74, 6) is 0.582. The molecule has 158 valence electrons. The van der Waals surface area contributed by atoms with Gasteiger partial charge in [-0.3, -0.25) is 30.1 Å². The molecule has 0 aliphatic heterocycles. The third-order valence-corrected chi connectivity index (χ3v) is 5.50. The van der Waals surface area contributed by atoms with Crippen LogP contribution in [0.25, 0.3) is 10.7 Å². The fourth-order valence-corrected chi connectivity index (χ4v) is 3.78. The van der Waals surface area contributed by atoms with Crippen molar-refractivity contribution in [3.63, 3.8) is 0 Å². The Morgan fingerprint density at radius 3 is 2.83 bits per heavy atom. The molecule has 0 radical (unpaired) electrons. The maximum atomic E-state index is 12.2. The number of nitrogens with one attached hydrogen (secondary N) is 3. The van der Waals surface area contributed by atoms with Gasteiger partial charge >= 0.3 is 0 Å². The Morgan fingerprint density at radius 2 is 2.10 bits per heavy atom. The van der Waals surface area contributed by atoms with E-state index in [0.29, 0.717) is 28.6 Å². The van der Waals surface area contributed by atoms with Gasteiger partial charge in [0.05, 0.1) is 11.5 Å². The van der Waals surface area contributed by atoms with Gasteiger partial charge in [-0.2, -0.15) is 5.10 Å². The van der Waals surface area contributed by atoms with E-state index in [1.807, 2.05) is 30.5 Å². The van der Waals surface area contributed by atoms with Crippen LogP contribution in [0.1, 0.15) is 18.4 Å². The second-order valence-electron chi connectivity index (χ2n) is 6.37. The molecule has 1 aromatic carbocycles. The zero-order chi connectivity index (χ0) is 21.5. The topological polar surface area (TPSA) is 101 Å². The first-order valence-corrected chi connectivity index (χ1v) is 10.8. The Morgan fingerprint density at radius 1 is 1.30 bits per heavy atom. The van der Waals surface area contributed by atoms with E-state index in [4.69, 9.17) is 28.6 Å². The summed E-state index contributed by atoms with van der Waals surface area (Å²) in [6.07, 6.45) is 0.706.